The number of fused-ring (bicyclic) bond motifs is 4. The lowest BCUT2D eigenvalue weighted by Crippen LogP contribution is -2.40. The molecular weight excluding hydrogens is 388 g/mol. The summed E-state index contributed by atoms with van der Waals surface area (Å²) in [6, 6.07) is 2.23. The molecule has 4 heterocycles. The average molecular weight is 419 g/mol. The zero-order valence-corrected chi connectivity index (χ0v) is 18.1. The van der Waals surface area contributed by atoms with Crippen LogP contribution >= 0.6 is 0 Å². The molecule has 0 amide bonds. The normalized spacial score (nSPS) is 28.4. The van der Waals surface area contributed by atoms with Crippen LogP contribution in [0.15, 0.2) is 24.8 Å². The predicted octanol–water partition coefficient (Wildman–Crippen LogP) is 3.87. The highest BCUT2D eigenvalue weighted by molar-refractivity contribution is 5.91. The van der Waals surface area contributed by atoms with E-state index in [4.69, 9.17) is 14.7 Å². The molecule has 2 bridgehead atoms. The molecule has 162 valence electrons. The summed E-state index contributed by atoms with van der Waals surface area (Å²) >= 11 is 0. The highest BCUT2D eigenvalue weighted by Gasteiger charge is 2.41. The number of aromatic amines is 1. The van der Waals surface area contributed by atoms with Gasteiger partial charge < -0.3 is 14.6 Å². The third-order valence-corrected chi connectivity index (χ3v) is 7.98. The van der Waals surface area contributed by atoms with Crippen LogP contribution in [0.25, 0.3) is 22.4 Å². The van der Waals surface area contributed by atoms with E-state index in [2.05, 4.69) is 32.8 Å². The number of rotatable bonds is 4. The minimum atomic E-state index is 0.735. The number of aromatic nitrogens is 5. The van der Waals surface area contributed by atoms with E-state index in [-0.39, 0.29) is 0 Å². The molecule has 0 radical (unpaired) electrons. The van der Waals surface area contributed by atoms with E-state index in [1.54, 1.807) is 6.33 Å². The van der Waals surface area contributed by atoms with Crippen molar-refractivity contribution in [2.45, 2.75) is 39.0 Å². The largest absolute Gasteiger partial charge is 0.378 e. The molecule has 1 N–H and O–H groups in total. The topological polar surface area (TPSA) is 79.8 Å². The van der Waals surface area contributed by atoms with Crippen LogP contribution in [0, 0.1) is 23.7 Å². The van der Waals surface area contributed by atoms with Gasteiger partial charge in [0.1, 0.15) is 17.8 Å². The van der Waals surface area contributed by atoms with E-state index < -0.39 is 0 Å². The fourth-order valence-electron chi connectivity index (χ4n) is 6.18. The van der Waals surface area contributed by atoms with Crippen molar-refractivity contribution in [2.75, 3.05) is 31.2 Å². The molecule has 3 aliphatic carbocycles. The first-order valence-electron chi connectivity index (χ1n) is 11.7. The first kappa shape index (κ1) is 19.2. The quantitative estimate of drug-likeness (QED) is 0.693. The number of nitrogens with zero attached hydrogens (tertiary/aromatic N) is 5. The number of ether oxygens (including phenoxy) is 1. The lowest BCUT2D eigenvalue weighted by molar-refractivity contribution is 0.0339. The number of morpholine rings is 1. The molecule has 7 rings (SSSR count). The molecule has 3 saturated carbocycles. The SMILES string of the molecule is CC1C2CCC(CC2)C1Cc1cc(N2CCOCC2)nc(-c2c[nH]c3ncncc23)n1. The second kappa shape index (κ2) is 7.86. The lowest BCUT2D eigenvalue weighted by atomic mass is 9.58. The molecule has 0 aromatic carbocycles. The summed E-state index contributed by atoms with van der Waals surface area (Å²) in [5, 5.41) is 0.970. The molecule has 31 heavy (non-hydrogen) atoms. The number of anilines is 1. The molecule has 0 spiro atoms. The van der Waals surface area contributed by atoms with Crippen molar-refractivity contribution in [2.24, 2.45) is 23.7 Å². The van der Waals surface area contributed by atoms with Crippen LogP contribution < -0.4 is 4.90 Å². The Labute approximate surface area is 182 Å². The van der Waals surface area contributed by atoms with Crippen LogP contribution in [0.3, 0.4) is 0 Å². The third kappa shape index (κ3) is 3.49. The highest BCUT2D eigenvalue weighted by atomic mass is 16.5. The summed E-state index contributed by atoms with van der Waals surface area (Å²) < 4.78 is 5.57. The maximum Gasteiger partial charge on any atom is 0.164 e. The van der Waals surface area contributed by atoms with E-state index in [1.807, 2.05) is 12.4 Å². The monoisotopic (exact) mass is 418 g/mol. The fraction of sp³-hybridized carbons (Fsp3) is 0.583. The second-order valence-electron chi connectivity index (χ2n) is 9.53. The Kier molecular flexibility index (Phi) is 4.86. The zero-order chi connectivity index (χ0) is 20.8. The van der Waals surface area contributed by atoms with Gasteiger partial charge in [0, 0.05) is 48.2 Å². The minimum Gasteiger partial charge on any atom is -0.378 e. The first-order valence-corrected chi connectivity index (χ1v) is 11.7. The van der Waals surface area contributed by atoms with Crippen LogP contribution in [0.1, 0.15) is 38.3 Å². The number of nitrogens with one attached hydrogen (secondary N) is 1. The van der Waals surface area contributed by atoms with Crippen LogP contribution in [0.4, 0.5) is 5.82 Å². The summed E-state index contributed by atoms with van der Waals surface area (Å²) in [6.07, 6.45) is 12.1. The van der Waals surface area contributed by atoms with Gasteiger partial charge in [-0.1, -0.05) is 6.92 Å². The van der Waals surface area contributed by atoms with Gasteiger partial charge in [-0.2, -0.15) is 0 Å². The molecule has 2 atom stereocenters. The van der Waals surface area contributed by atoms with Crippen LogP contribution in [-0.4, -0.2) is 51.2 Å². The van der Waals surface area contributed by atoms with Gasteiger partial charge in [-0.3, -0.25) is 0 Å². The summed E-state index contributed by atoms with van der Waals surface area (Å²) in [4.78, 5) is 24.2. The standard InChI is InChI=1S/C24H30N6O/c1-15-16-2-4-17(5-3-16)19(15)10-18-11-22(30-6-8-31-9-7-30)29-24(28-18)21-13-26-23-20(21)12-25-14-27-23/h11-17,19H,2-10H2,1H3,(H,25,26,27). The van der Waals surface area contributed by atoms with Crippen molar-refractivity contribution in [1.82, 2.24) is 24.9 Å². The van der Waals surface area contributed by atoms with Crippen molar-refractivity contribution in [3.63, 3.8) is 0 Å². The van der Waals surface area contributed by atoms with E-state index in [0.29, 0.717) is 0 Å². The van der Waals surface area contributed by atoms with Gasteiger partial charge in [0.25, 0.3) is 0 Å². The summed E-state index contributed by atoms with van der Waals surface area (Å²) in [5.41, 5.74) is 2.97. The Balaban J connectivity index is 1.39. The van der Waals surface area contributed by atoms with Crippen molar-refractivity contribution in [3.8, 4) is 11.4 Å². The summed E-state index contributed by atoms with van der Waals surface area (Å²) in [6.45, 7) is 5.72. The number of H-pyrrole nitrogens is 1. The Bertz CT molecular complexity index is 1060. The molecule has 2 unspecified atom stereocenters. The molecule has 1 saturated heterocycles. The van der Waals surface area contributed by atoms with Crippen LogP contribution in [0.5, 0.6) is 0 Å². The summed E-state index contributed by atoms with van der Waals surface area (Å²) in [7, 11) is 0. The van der Waals surface area contributed by atoms with E-state index >= 15 is 0 Å². The van der Waals surface area contributed by atoms with Gasteiger partial charge in [-0.25, -0.2) is 19.9 Å². The molecular formula is C24H30N6O. The minimum absolute atomic E-state index is 0.735. The molecule has 3 aromatic heterocycles. The van der Waals surface area contributed by atoms with E-state index in [9.17, 15) is 0 Å². The number of hydrogen-bond donors (Lipinski definition) is 1. The Morgan fingerprint density at radius 1 is 1.10 bits per heavy atom. The molecule has 7 nitrogen and oxygen atoms in total. The van der Waals surface area contributed by atoms with Gasteiger partial charge in [0.15, 0.2) is 5.82 Å². The molecule has 7 heteroatoms. The molecule has 3 aromatic rings. The maximum absolute atomic E-state index is 5.57. The van der Waals surface area contributed by atoms with E-state index in [0.717, 1.165) is 84.6 Å². The van der Waals surface area contributed by atoms with Crippen molar-refractivity contribution < 1.29 is 4.74 Å². The molecule has 1 aliphatic heterocycles. The van der Waals surface area contributed by atoms with Crippen LogP contribution in [0.2, 0.25) is 0 Å². The van der Waals surface area contributed by atoms with Gasteiger partial charge in [0.05, 0.1) is 13.2 Å². The predicted molar refractivity (Wildman–Crippen MR) is 120 cm³/mol. The van der Waals surface area contributed by atoms with E-state index in [1.165, 1.54) is 31.4 Å². The maximum atomic E-state index is 5.57. The Morgan fingerprint density at radius 2 is 1.90 bits per heavy atom. The third-order valence-electron chi connectivity index (χ3n) is 7.98. The Morgan fingerprint density at radius 3 is 2.71 bits per heavy atom. The van der Waals surface area contributed by atoms with Gasteiger partial charge in [0.2, 0.25) is 0 Å². The summed E-state index contributed by atoms with van der Waals surface area (Å²) in [5.74, 6) is 5.07. The molecule has 4 fully saturated rings. The molecule has 4 aliphatic rings. The van der Waals surface area contributed by atoms with Crippen molar-refractivity contribution in [3.05, 3.63) is 30.5 Å². The number of hydrogen-bond acceptors (Lipinski definition) is 6. The Hall–Kier alpha value is -2.54. The van der Waals surface area contributed by atoms with Gasteiger partial charge >= 0.3 is 0 Å². The zero-order valence-electron chi connectivity index (χ0n) is 18.1. The fourth-order valence-corrected chi connectivity index (χ4v) is 6.18. The average Bonchev–Trinajstić information content (AvgIpc) is 3.26. The smallest absolute Gasteiger partial charge is 0.164 e. The van der Waals surface area contributed by atoms with Crippen molar-refractivity contribution >= 4 is 16.9 Å². The first-order chi connectivity index (χ1) is 15.3. The lowest BCUT2D eigenvalue weighted by Gasteiger charge is -2.47. The van der Waals surface area contributed by atoms with Gasteiger partial charge in [-0.15, -0.1) is 0 Å². The van der Waals surface area contributed by atoms with Gasteiger partial charge in [-0.05, 0) is 55.8 Å². The van der Waals surface area contributed by atoms with Crippen molar-refractivity contribution in [1.29, 1.82) is 0 Å². The highest BCUT2D eigenvalue weighted by Crippen LogP contribution is 2.49. The second-order valence-corrected chi connectivity index (χ2v) is 9.53. The van der Waals surface area contributed by atoms with Crippen LogP contribution in [-0.2, 0) is 11.2 Å².